The second kappa shape index (κ2) is 4.69. The van der Waals surface area contributed by atoms with E-state index in [1.54, 1.807) is 0 Å². The number of carboxylic acid groups (broad SMARTS) is 1. The maximum absolute atomic E-state index is 11.9. The molecule has 0 radical (unpaired) electrons. The van der Waals surface area contributed by atoms with Gasteiger partial charge in [0.15, 0.2) is 5.82 Å². The highest BCUT2D eigenvalue weighted by molar-refractivity contribution is 5.95. The summed E-state index contributed by atoms with van der Waals surface area (Å²) in [5, 5.41) is 25.6. The number of aromatic amines is 2. The van der Waals surface area contributed by atoms with E-state index in [0.29, 0.717) is 17.3 Å². The molecule has 1 saturated carbocycles. The van der Waals surface area contributed by atoms with Crippen molar-refractivity contribution in [3.05, 3.63) is 28.7 Å². The summed E-state index contributed by atoms with van der Waals surface area (Å²) in [4.78, 5) is 23.3. The number of aromatic carboxylic acids is 1. The third-order valence-corrected chi connectivity index (χ3v) is 4.60. The van der Waals surface area contributed by atoms with E-state index in [1.165, 1.54) is 12.6 Å². The van der Waals surface area contributed by atoms with Crippen LogP contribution in [0.3, 0.4) is 0 Å². The maximum atomic E-state index is 11.9. The molecule has 22 heavy (non-hydrogen) atoms. The van der Waals surface area contributed by atoms with Gasteiger partial charge in [-0.3, -0.25) is 15.0 Å². The Balaban J connectivity index is 1.84. The van der Waals surface area contributed by atoms with Gasteiger partial charge >= 0.3 is 5.97 Å². The van der Waals surface area contributed by atoms with Crippen LogP contribution in [0, 0.1) is 0 Å². The van der Waals surface area contributed by atoms with Crippen molar-refractivity contribution < 1.29 is 14.7 Å². The van der Waals surface area contributed by atoms with Gasteiger partial charge in [-0.2, -0.15) is 10.2 Å². The molecule has 0 unspecified atom stereocenters. The summed E-state index contributed by atoms with van der Waals surface area (Å²) >= 11 is 0. The standard InChI is InChI=1S/C14H15N5O3/c20-9-4-7(8-5-15-17-12(8)14(21)22)10-11(6-2-1-3-6)18-19-13(10)16-9/h5-7H,1-4H2,(H,15,17)(H,21,22)(H2,16,18,19,20)/t7-/m1/s1. The van der Waals surface area contributed by atoms with E-state index in [1.807, 2.05) is 0 Å². The van der Waals surface area contributed by atoms with Gasteiger partial charge in [-0.15, -0.1) is 0 Å². The zero-order valence-corrected chi connectivity index (χ0v) is 11.7. The second-order valence-electron chi connectivity index (χ2n) is 5.84. The van der Waals surface area contributed by atoms with Gasteiger partial charge in [0.1, 0.15) is 5.69 Å². The summed E-state index contributed by atoms with van der Waals surface area (Å²) in [6.07, 6.45) is 5.06. The van der Waals surface area contributed by atoms with Gasteiger partial charge in [0.05, 0.1) is 6.20 Å². The fourth-order valence-electron chi connectivity index (χ4n) is 3.29. The summed E-state index contributed by atoms with van der Waals surface area (Å²) < 4.78 is 0. The predicted octanol–water partition coefficient (Wildman–Crippen LogP) is 1.57. The highest BCUT2D eigenvalue weighted by Crippen LogP contribution is 2.45. The zero-order chi connectivity index (χ0) is 15.3. The number of carboxylic acids is 1. The zero-order valence-electron chi connectivity index (χ0n) is 11.7. The minimum atomic E-state index is -1.08. The number of anilines is 1. The van der Waals surface area contributed by atoms with Crippen molar-refractivity contribution in [3.8, 4) is 0 Å². The minimum absolute atomic E-state index is 0.0337. The molecule has 0 spiro atoms. The molecule has 1 aliphatic heterocycles. The number of fused-ring (bicyclic) bond motifs is 1. The first-order valence-electron chi connectivity index (χ1n) is 7.29. The lowest BCUT2D eigenvalue weighted by molar-refractivity contribution is -0.116. The van der Waals surface area contributed by atoms with Crippen molar-refractivity contribution >= 4 is 17.7 Å². The second-order valence-corrected chi connectivity index (χ2v) is 5.84. The van der Waals surface area contributed by atoms with E-state index in [-0.39, 0.29) is 23.9 Å². The van der Waals surface area contributed by atoms with Crippen molar-refractivity contribution in [1.29, 1.82) is 0 Å². The van der Waals surface area contributed by atoms with Crippen molar-refractivity contribution in [3.63, 3.8) is 0 Å². The largest absolute Gasteiger partial charge is 0.477 e. The Morgan fingerprint density at radius 1 is 1.32 bits per heavy atom. The molecule has 2 aromatic rings. The Labute approximate surface area is 125 Å². The van der Waals surface area contributed by atoms with E-state index >= 15 is 0 Å². The maximum Gasteiger partial charge on any atom is 0.354 e. The first-order valence-corrected chi connectivity index (χ1v) is 7.29. The topological polar surface area (TPSA) is 124 Å². The molecule has 0 bridgehead atoms. The average Bonchev–Trinajstić information content (AvgIpc) is 3.03. The number of hydrogen-bond acceptors (Lipinski definition) is 4. The molecule has 1 fully saturated rings. The van der Waals surface area contributed by atoms with Gasteiger partial charge < -0.3 is 10.4 Å². The quantitative estimate of drug-likeness (QED) is 0.685. The van der Waals surface area contributed by atoms with E-state index in [4.69, 9.17) is 0 Å². The molecule has 0 aromatic carbocycles. The van der Waals surface area contributed by atoms with Gasteiger partial charge in [0, 0.05) is 35.1 Å². The highest BCUT2D eigenvalue weighted by Gasteiger charge is 2.37. The van der Waals surface area contributed by atoms with Crippen molar-refractivity contribution in [1.82, 2.24) is 20.4 Å². The fraction of sp³-hybridized carbons (Fsp3) is 0.429. The third-order valence-electron chi connectivity index (χ3n) is 4.60. The lowest BCUT2D eigenvalue weighted by Gasteiger charge is -2.29. The molecule has 8 nitrogen and oxygen atoms in total. The highest BCUT2D eigenvalue weighted by atomic mass is 16.4. The number of rotatable bonds is 3. The van der Waals surface area contributed by atoms with Gasteiger partial charge in [-0.05, 0) is 12.8 Å². The minimum Gasteiger partial charge on any atom is -0.477 e. The number of nitrogens with one attached hydrogen (secondary N) is 3. The number of nitrogens with zero attached hydrogens (tertiary/aromatic N) is 2. The molecule has 0 saturated heterocycles. The molecule has 114 valence electrons. The Kier molecular flexibility index (Phi) is 2.78. The number of aromatic nitrogens is 4. The molecule has 2 aromatic heterocycles. The SMILES string of the molecule is O=C1C[C@H](c2cn[nH]c2C(=O)O)c2c(n[nH]c2C2CCC2)N1. The molecular formula is C14H15N5O3. The Morgan fingerprint density at radius 3 is 2.82 bits per heavy atom. The molecule has 2 aliphatic rings. The summed E-state index contributed by atoms with van der Waals surface area (Å²) in [6, 6.07) is 0. The number of carbonyl (C=O) groups excluding carboxylic acids is 1. The first kappa shape index (κ1) is 13.1. The van der Waals surface area contributed by atoms with Crippen LogP contribution in [0.2, 0.25) is 0 Å². The molecule has 1 aliphatic carbocycles. The Bertz CT molecular complexity index is 758. The van der Waals surface area contributed by atoms with Gasteiger partial charge in [-0.25, -0.2) is 4.79 Å². The Morgan fingerprint density at radius 2 is 2.14 bits per heavy atom. The predicted molar refractivity (Wildman–Crippen MR) is 75.8 cm³/mol. The van der Waals surface area contributed by atoms with Crippen LogP contribution >= 0.6 is 0 Å². The van der Waals surface area contributed by atoms with Crippen LogP contribution in [0.25, 0.3) is 0 Å². The van der Waals surface area contributed by atoms with E-state index in [2.05, 4.69) is 25.7 Å². The van der Waals surface area contributed by atoms with Crippen molar-refractivity contribution in [2.45, 2.75) is 37.5 Å². The van der Waals surface area contributed by atoms with Crippen molar-refractivity contribution in [2.24, 2.45) is 0 Å². The average molecular weight is 301 g/mol. The molecule has 4 rings (SSSR count). The van der Waals surface area contributed by atoms with E-state index in [9.17, 15) is 14.7 Å². The fourth-order valence-corrected chi connectivity index (χ4v) is 3.29. The lowest BCUT2D eigenvalue weighted by atomic mass is 9.77. The number of carbonyl (C=O) groups is 2. The Hall–Kier alpha value is -2.64. The summed E-state index contributed by atoms with van der Waals surface area (Å²) in [5.74, 6) is -0.645. The van der Waals surface area contributed by atoms with Crippen LogP contribution in [0.5, 0.6) is 0 Å². The van der Waals surface area contributed by atoms with Crippen molar-refractivity contribution in [2.75, 3.05) is 5.32 Å². The smallest absolute Gasteiger partial charge is 0.354 e. The van der Waals surface area contributed by atoms with Crippen LogP contribution in [-0.2, 0) is 4.79 Å². The number of H-pyrrole nitrogens is 2. The molecule has 8 heteroatoms. The van der Waals surface area contributed by atoms with Crippen LogP contribution in [0.1, 0.15) is 64.8 Å². The first-order chi connectivity index (χ1) is 10.6. The van der Waals surface area contributed by atoms with Crippen LogP contribution in [0.15, 0.2) is 6.20 Å². The summed E-state index contributed by atoms with van der Waals surface area (Å²) in [6.45, 7) is 0. The number of amides is 1. The van der Waals surface area contributed by atoms with Crippen LogP contribution in [0.4, 0.5) is 5.82 Å². The molecule has 4 N–H and O–H groups in total. The van der Waals surface area contributed by atoms with E-state index in [0.717, 1.165) is 24.1 Å². The molecule has 1 amide bonds. The van der Waals surface area contributed by atoms with Gasteiger partial charge in [-0.1, -0.05) is 6.42 Å². The third kappa shape index (κ3) is 1.83. The molecular weight excluding hydrogens is 286 g/mol. The van der Waals surface area contributed by atoms with Crippen LogP contribution < -0.4 is 5.32 Å². The number of hydrogen-bond donors (Lipinski definition) is 4. The monoisotopic (exact) mass is 301 g/mol. The molecule has 1 atom stereocenters. The molecule has 3 heterocycles. The van der Waals surface area contributed by atoms with E-state index < -0.39 is 5.97 Å². The summed E-state index contributed by atoms with van der Waals surface area (Å²) in [5.41, 5.74) is 2.49. The van der Waals surface area contributed by atoms with Gasteiger partial charge in [0.25, 0.3) is 0 Å². The lowest BCUT2D eigenvalue weighted by Crippen LogP contribution is -2.25. The normalized spacial score (nSPS) is 21.1. The van der Waals surface area contributed by atoms with Crippen LogP contribution in [-0.4, -0.2) is 37.4 Å². The summed E-state index contributed by atoms with van der Waals surface area (Å²) in [7, 11) is 0. The van der Waals surface area contributed by atoms with Gasteiger partial charge in [0.2, 0.25) is 5.91 Å².